The van der Waals surface area contributed by atoms with Crippen molar-refractivity contribution in [2.75, 3.05) is 31.1 Å². The molecule has 2 aliphatic rings. The Morgan fingerprint density at radius 3 is 2.87 bits per heavy atom. The van der Waals surface area contributed by atoms with Gasteiger partial charge in [-0.1, -0.05) is 22.9 Å². The van der Waals surface area contributed by atoms with Gasteiger partial charge < -0.3 is 9.80 Å². The number of likely N-dealkylation sites (tertiary alicyclic amines) is 1. The molecule has 0 N–H and O–H groups in total. The van der Waals surface area contributed by atoms with Gasteiger partial charge in [-0.05, 0) is 43.9 Å². The fourth-order valence-corrected chi connectivity index (χ4v) is 4.77. The number of hydrogen-bond acceptors (Lipinski definition) is 4. The van der Waals surface area contributed by atoms with Gasteiger partial charge in [0.25, 0.3) is 0 Å². The summed E-state index contributed by atoms with van der Waals surface area (Å²) in [6.45, 7) is 5.60. The molecule has 4 nitrogen and oxygen atoms in total. The van der Waals surface area contributed by atoms with Crippen LogP contribution in [0, 0.1) is 12.8 Å². The summed E-state index contributed by atoms with van der Waals surface area (Å²) < 4.78 is 1.16. The minimum atomic E-state index is 0.129. The van der Waals surface area contributed by atoms with Crippen LogP contribution < -0.4 is 4.90 Å². The van der Waals surface area contributed by atoms with Crippen LogP contribution in [0.25, 0.3) is 10.2 Å². The fourth-order valence-electron chi connectivity index (χ4n) is 3.56. The van der Waals surface area contributed by atoms with E-state index in [9.17, 15) is 4.79 Å². The van der Waals surface area contributed by atoms with E-state index in [2.05, 4.69) is 4.90 Å². The van der Waals surface area contributed by atoms with Crippen molar-refractivity contribution in [1.29, 1.82) is 0 Å². The molecule has 1 atom stereocenters. The second kappa shape index (κ2) is 5.95. The Kier molecular flexibility index (Phi) is 3.93. The lowest BCUT2D eigenvalue weighted by Gasteiger charge is -2.20. The monoisotopic (exact) mass is 349 g/mol. The summed E-state index contributed by atoms with van der Waals surface area (Å²) >= 11 is 7.89. The van der Waals surface area contributed by atoms with Gasteiger partial charge in [-0.3, -0.25) is 4.79 Å². The first kappa shape index (κ1) is 15.2. The van der Waals surface area contributed by atoms with Crippen molar-refractivity contribution in [3.63, 3.8) is 0 Å². The molecule has 6 heteroatoms. The number of amides is 1. The van der Waals surface area contributed by atoms with Gasteiger partial charge in [0.05, 0.1) is 16.1 Å². The third kappa shape index (κ3) is 2.70. The summed E-state index contributed by atoms with van der Waals surface area (Å²) in [4.78, 5) is 21.6. The summed E-state index contributed by atoms with van der Waals surface area (Å²) in [7, 11) is 0. The number of aromatic nitrogens is 1. The molecule has 122 valence electrons. The zero-order valence-electron chi connectivity index (χ0n) is 13.2. The first-order chi connectivity index (χ1) is 11.1. The van der Waals surface area contributed by atoms with Crippen LogP contribution in [0.3, 0.4) is 0 Å². The van der Waals surface area contributed by atoms with Crippen LogP contribution in [0.1, 0.15) is 24.8 Å². The molecule has 2 aliphatic heterocycles. The summed E-state index contributed by atoms with van der Waals surface area (Å²) in [6.07, 6.45) is 3.24. The molecule has 4 rings (SSSR count). The van der Waals surface area contributed by atoms with Crippen molar-refractivity contribution in [2.24, 2.45) is 5.92 Å². The number of hydrogen-bond donors (Lipinski definition) is 0. The summed E-state index contributed by atoms with van der Waals surface area (Å²) in [5, 5.41) is 1.78. The average molecular weight is 350 g/mol. The van der Waals surface area contributed by atoms with Gasteiger partial charge in [-0.25, -0.2) is 4.98 Å². The molecule has 1 amide bonds. The molecule has 3 heterocycles. The molecular weight excluding hydrogens is 330 g/mol. The maximum atomic E-state index is 12.6. The molecule has 2 aromatic rings. The topological polar surface area (TPSA) is 36.4 Å². The zero-order valence-corrected chi connectivity index (χ0v) is 14.8. The zero-order chi connectivity index (χ0) is 16.0. The lowest BCUT2D eigenvalue weighted by Crippen LogP contribution is -2.35. The third-order valence-corrected chi connectivity index (χ3v) is 6.45. The van der Waals surface area contributed by atoms with Gasteiger partial charge in [0, 0.05) is 31.2 Å². The number of carbonyl (C=O) groups excluding carboxylic acids is 1. The predicted molar refractivity (Wildman–Crippen MR) is 95.5 cm³/mol. The van der Waals surface area contributed by atoms with Crippen LogP contribution in [0.2, 0.25) is 5.02 Å². The lowest BCUT2D eigenvalue weighted by atomic mass is 10.1. The second-order valence-electron chi connectivity index (χ2n) is 6.48. The van der Waals surface area contributed by atoms with Crippen LogP contribution in [0.15, 0.2) is 12.1 Å². The number of nitrogens with zero attached hydrogens (tertiary/aromatic N) is 3. The molecule has 23 heavy (non-hydrogen) atoms. The van der Waals surface area contributed by atoms with Crippen molar-refractivity contribution in [3.05, 3.63) is 22.7 Å². The van der Waals surface area contributed by atoms with E-state index in [1.807, 2.05) is 24.0 Å². The molecule has 2 saturated heterocycles. The maximum absolute atomic E-state index is 12.6. The number of fused-ring (bicyclic) bond motifs is 1. The maximum Gasteiger partial charge on any atom is 0.227 e. The summed E-state index contributed by atoms with van der Waals surface area (Å²) in [5.74, 6) is 0.468. The first-order valence-corrected chi connectivity index (χ1v) is 9.42. The SMILES string of the molecule is Cc1c(Cl)ccc2sc(N3CCC(C(=O)N4CCCC4)C3)nc12. The number of thiazole rings is 1. The van der Waals surface area contributed by atoms with Crippen LogP contribution in [0.5, 0.6) is 0 Å². The van der Waals surface area contributed by atoms with Gasteiger partial charge in [-0.2, -0.15) is 0 Å². The second-order valence-corrected chi connectivity index (χ2v) is 7.90. The van der Waals surface area contributed by atoms with E-state index in [-0.39, 0.29) is 5.92 Å². The van der Waals surface area contributed by atoms with Crippen molar-refractivity contribution in [2.45, 2.75) is 26.2 Å². The molecule has 2 fully saturated rings. The number of anilines is 1. The van der Waals surface area contributed by atoms with Crippen molar-refractivity contribution >= 4 is 44.2 Å². The van der Waals surface area contributed by atoms with Crippen molar-refractivity contribution in [1.82, 2.24) is 9.88 Å². The third-order valence-electron chi connectivity index (χ3n) is 4.96. The van der Waals surface area contributed by atoms with Crippen LogP contribution in [0.4, 0.5) is 5.13 Å². The highest BCUT2D eigenvalue weighted by Gasteiger charge is 2.33. The van der Waals surface area contributed by atoms with Gasteiger partial charge in [0.15, 0.2) is 5.13 Å². The Hall–Kier alpha value is -1.33. The number of carbonyl (C=O) groups is 1. The highest BCUT2D eigenvalue weighted by Crippen LogP contribution is 2.35. The van der Waals surface area contributed by atoms with Crippen molar-refractivity contribution in [3.8, 4) is 0 Å². The van der Waals surface area contributed by atoms with E-state index >= 15 is 0 Å². The molecule has 1 unspecified atom stereocenters. The summed E-state index contributed by atoms with van der Waals surface area (Å²) in [6, 6.07) is 3.97. The Morgan fingerprint density at radius 2 is 2.09 bits per heavy atom. The first-order valence-electron chi connectivity index (χ1n) is 8.23. The Labute approximate surface area is 145 Å². The molecule has 0 aliphatic carbocycles. The van der Waals surface area contributed by atoms with Crippen LogP contribution in [-0.2, 0) is 4.79 Å². The van der Waals surface area contributed by atoms with Gasteiger partial charge in [0.1, 0.15) is 0 Å². The smallest absolute Gasteiger partial charge is 0.227 e. The van der Waals surface area contributed by atoms with Crippen molar-refractivity contribution < 1.29 is 4.79 Å². The minimum Gasteiger partial charge on any atom is -0.347 e. The summed E-state index contributed by atoms with van der Waals surface area (Å²) in [5.41, 5.74) is 2.03. The van der Waals surface area contributed by atoms with E-state index in [1.165, 1.54) is 0 Å². The fraction of sp³-hybridized carbons (Fsp3) is 0.529. The largest absolute Gasteiger partial charge is 0.347 e. The van der Waals surface area contributed by atoms with Crippen LogP contribution >= 0.6 is 22.9 Å². The highest BCUT2D eigenvalue weighted by molar-refractivity contribution is 7.22. The number of halogens is 1. The van der Waals surface area contributed by atoms with E-state index in [4.69, 9.17) is 16.6 Å². The molecule has 0 radical (unpaired) electrons. The van der Waals surface area contributed by atoms with Gasteiger partial charge in [-0.15, -0.1) is 0 Å². The predicted octanol–water partition coefficient (Wildman–Crippen LogP) is 3.71. The number of aryl methyl sites for hydroxylation is 1. The Balaban J connectivity index is 1.53. The quantitative estimate of drug-likeness (QED) is 0.829. The molecule has 0 saturated carbocycles. The number of rotatable bonds is 2. The number of benzene rings is 1. The highest BCUT2D eigenvalue weighted by atomic mass is 35.5. The van der Waals surface area contributed by atoms with Gasteiger partial charge >= 0.3 is 0 Å². The standard InChI is InChI=1S/C17H20ClN3OS/c1-11-13(18)4-5-14-15(11)19-17(23-14)21-9-6-12(10-21)16(22)20-7-2-3-8-20/h4-5,12H,2-3,6-10H2,1H3. The lowest BCUT2D eigenvalue weighted by molar-refractivity contribution is -0.133. The molecular formula is C17H20ClN3OS. The Morgan fingerprint density at radius 1 is 1.30 bits per heavy atom. The molecule has 0 bridgehead atoms. The van der Waals surface area contributed by atoms with Crippen LogP contribution in [-0.4, -0.2) is 42.0 Å². The normalized spacial score (nSPS) is 21.6. The van der Waals surface area contributed by atoms with E-state index < -0.39 is 0 Å². The molecule has 1 aromatic heterocycles. The molecule has 0 spiro atoms. The average Bonchev–Trinajstić information content (AvgIpc) is 3.30. The van der Waals surface area contributed by atoms with E-state index in [0.29, 0.717) is 5.91 Å². The minimum absolute atomic E-state index is 0.129. The molecule has 1 aromatic carbocycles. The van der Waals surface area contributed by atoms with Gasteiger partial charge in [0.2, 0.25) is 5.91 Å². The van der Waals surface area contributed by atoms with E-state index in [0.717, 1.165) is 71.4 Å². The Bertz CT molecular complexity index is 754. The van der Waals surface area contributed by atoms with E-state index in [1.54, 1.807) is 11.3 Å².